The van der Waals surface area contributed by atoms with Gasteiger partial charge in [0.15, 0.2) is 0 Å². The van der Waals surface area contributed by atoms with E-state index in [4.69, 9.17) is 17.3 Å². The third-order valence-corrected chi connectivity index (χ3v) is 3.73. The van der Waals surface area contributed by atoms with Crippen LogP contribution < -0.4 is 5.73 Å². The highest BCUT2D eigenvalue weighted by atomic mass is 35.5. The smallest absolute Gasteiger partial charge is 0.140 e. The maximum Gasteiger partial charge on any atom is 0.140 e. The molecule has 19 heavy (non-hydrogen) atoms. The van der Waals surface area contributed by atoms with Gasteiger partial charge in [0.25, 0.3) is 0 Å². The van der Waals surface area contributed by atoms with Gasteiger partial charge >= 0.3 is 0 Å². The zero-order valence-electron chi connectivity index (χ0n) is 10.8. The van der Waals surface area contributed by atoms with Crippen molar-refractivity contribution in [3.8, 4) is 11.4 Å². The normalized spacial score (nSPS) is 11.1. The van der Waals surface area contributed by atoms with Gasteiger partial charge in [-0.2, -0.15) is 0 Å². The summed E-state index contributed by atoms with van der Waals surface area (Å²) < 4.78 is 0. The number of nitrogen functional groups attached to an aromatic ring is 1. The number of aromatic nitrogens is 2. The number of nitrogens with two attached hydrogens (primary N) is 1. The van der Waals surface area contributed by atoms with E-state index in [9.17, 15) is 0 Å². The predicted octanol–water partition coefficient (Wildman–Crippen LogP) is 4.08. The van der Waals surface area contributed by atoms with Crippen molar-refractivity contribution in [2.24, 2.45) is 0 Å². The average Bonchev–Trinajstić information content (AvgIpc) is 2.76. The lowest BCUT2D eigenvalue weighted by Gasteiger charge is -2.03. The van der Waals surface area contributed by atoms with E-state index in [-0.39, 0.29) is 0 Å². The summed E-state index contributed by atoms with van der Waals surface area (Å²) in [6, 6.07) is 9.74. The number of rotatable bonds is 1. The first-order valence-electron chi connectivity index (χ1n) is 6.07. The van der Waals surface area contributed by atoms with E-state index in [1.807, 2.05) is 12.1 Å². The van der Waals surface area contributed by atoms with Crippen LogP contribution in [-0.2, 0) is 0 Å². The summed E-state index contributed by atoms with van der Waals surface area (Å²) in [6.45, 7) is 4.17. The lowest BCUT2D eigenvalue weighted by atomic mass is 10.1. The van der Waals surface area contributed by atoms with Crippen molar-refractivity contribution in [2.75, 3.05) is 5.73 Å². The van der Waals surface area contributed by atoms with Gasteiger partial charge in [-0.3, -0.25) is 0 Å². The van der Waals surface area contributed by atoms with Crippen LogP contribution in [0.3, 0.4) is 0 Å². The average molecular weight is 272 g/mol. The van der Waals surface area contributed by atoms with Crippen molar-refractivity contribution in [3.05, 3.63) is 46.5 Å². The Labute approximate surface area is 116 Å². The second kappa shape index (κ2) is 4.28. The SMILES string of the molecule is Cc1cc2nc(-c3cccc(Cl)c3N)[nH]c2cc1C. The molecule has 3 rings (SSSR count). The minimum absolute atomic E-state index is 0.547. The number of aryl methyl sites for hydroxylation is 2. The van der Waals surface area contributed by atoms with E-state index in [2.05, 4.69) is 35.9 Å². The molecular formula is C15H14ClN3. The Morgan fingerprint density at radius 2 is 1.89 bits per heavy atom. The Hall–Kier alpha value is -2.00. The predicted molar refractivity (Wildman–Crippen MR) is 80.4 cm³/mol. The lowest BCUT2D eigenvalue weighted by Crippen LogP contribution is -1.92. The summed E-state index contributed by atoms with van der Waals surface area (Å²) in [5.74, 6) is 0.750. The Kier molecular flexibility index (Phi) is 2.72. The number of benzene rings is 2. The van der Waals surface area contributed by atoms with Gasteiger partial charge in [0.2, 0.25) is 0 Å². The Balaban J connectivity index is 2.23. The zero-order chi connectivity index (χ0) is 13.6. The molecule has 0 fully saturated rings. The molecule has 0 aliphatic carbocycles. The molecule has 0 saturated heterocycles. The number of aromatic amines is 1. The third kappa shape index (κ3) is 1.96. The maximum atomic E-state index is 6.05. The molecule has 0 saturated carbocycles. The maximum absolute atomic E-state index is 6.05. The first-order valence-corrected chi connectivity index (χ1v) is 6.45. The van der Waals surface area contributed by atoms with Crippen molar-refractivity contribution in [2.45, 2.75) is 13.8 Å². The number of fused-ring (bicyclic) bond motifs is 1. The summed E-state index contributed by atoms with van der Waals surface area (Å²) >= 11 is 6.05. The van der Waals surface area contributed by atoms with Crippen LogP contribution >= 0.6 is 11.6 Å². The number of nitrogens with zero attached hydrogens (tertiary/aromatic N) is 1. The van der Waals surface area contributed by atoms with Crippen LogP contribution in [0.4, 0.5) is 5.69 Å². The quantitative estimate of drug-likeness (QED) is 0.655. The minimum Gasteiger partial charge on any atom is -0.397 e. The van der Waals surface area contributed by atoms with Gasteiger partial charge in [-0.25, -0.2) is 4.98 Å². The van der Waals surface area contributed by atoms with Gasteiger partial charge < -0.3 is 10.7 Å². The van der Waals surface area contributed by atoms with Crippen LogP contribution in [0.5, 0.6) is 0 Å². The van der Waals surface area contributed by atoms with Gasteiger partial charge in [0.05, 0.1) is 21.7 Å². The molecule has 2 aromatic carbocycles. The number of nitrogens with one attached hydrogen (secondary N) is 1. The molecule has 3 aromatic rings. The molecule has 1 aromatic heterocycles. The summed E-state index contributed by atoms with van der Waals surface area (Å²) in [7, 11) is 0. The first-order chi connectivity index (χ1) is 9.06. The van der Waals surface area contributed by atoms with E-state index in [1.54, 1.807) is 6.07 Å². The number of H-pyrrole nitrogens is 1. The van der Waals surface area contributed by atoms with Crippen LogP contribution in [-0.4, -0.2) is 9.97 Å². The van der Waals surface area contributed by atoms with Crippen LogP contribution in [0.2, 0.25) is 5.02 Å². The molecule has 0 atom stereocenters. The van der Waals surface area contributed by atoms with Crippen LogP contribution in [0, 0.1) is 13.8 Å². The molecule has 4 heteroatoms. The summed E-state index contributed by atoms with van der Waals surface area (Å²) in [4.78, 5) is 7.89. The Morgan fingerprint density at radius 3 is 2.68 bits per heavy atom. The number of para-hydroxylation sites is 1. The van der Waals surface area contributed by atoms with Crippen molar-refractivity contribution in [3.63, 3.8) is 0 Å². The summed E-state index contributed by atoms with van der Waals surface area (Å²) in [5.41, 5.74) is 11.8. The van der Waals surface area contributed by atoms with E-state index in [0.717, 1.165) is 22.4 Å². The van der Waals surface area contributed by atoms with E-state index in [0.29, 0.717) is 10.7 Å². The van der Waals surface area contributed by atoms with E-state index < -0.39 is 0 Å². The second-order valence-electron chi connectivity index (χ2n) is 4.74. The van der Waals surface area contributed by atoms with Crippen LogP contribution in [0.15, 0.2) is 30.3 Å². The van der Waals surface area contributed by atoms with E-state index >= 15 is 0 Å². The minimum atomic E-state index is 0.547. The fourth-order valence-corrected chi connectivity index (χ4v) is 2.32. The van der Waals surface area contributed by atoms with Crippen molar-refractivity contribution in [1.29, 1.82) is 0 Å². The Morgan fingerprint density at radius 1 is 1.16 bits per heavy atom. The van der Waals surface area contributed by atoms with Gasteiger partial charge in [-0.05, 0) is 49.2 Å². The molecule has 0 bridgehead atoms. The molecule has 1 heterocycles. The highest BCUT2D eigenvalue weighted by Crippen LogP contribution is 2.31. The van der Waals surface area contributed by atoms with Gasteiger partial charge in [-0.15, -0.1) is 0 Å². The van der Waals surface area contributed by atoms with Gasteiger partial charge in [0.1, 0.15) is 5.82 Å². The van der Waals surface area contributed by atoms with E-state index in [1.165, 1.54) is 11.1 Å². The molecule has 0 aliphatic rings. The fourth-order valence-electron chi connectivity index (χ4n) is 2.14. The molecule has 96 valence electrons. The molecular weight excluding hydrogens is 258 g/mol. The monoisotopic (exact) mass is 271 g/mol. The molecule has 0 spiro atoms. The molecule has 0 unspecified atom stereocenters. The second-order valence-corrected chi connectivity index (χ2v) is 5.15. The number of halogens is 1. The largest absolute Gasteiger partial charge is 0.397 e. The summed E-state index contributed by atoms with van der Waals surface area (Å²) in [6.07, 6.45) is 0. The fraction of sp³-hybridized carbons (Fsp3) is 0.133. The van der Waals surface area contributed by atoms with Crippen molar-refractivity contribution in [1.82, 2.24) is 9.97 Å². The van der Waals surface area contributed by atoms with Gasteiger partial charge in [0, 0.05) is 5.56 Å². The van der Waals surface area contributed by atoms with Gasteiger partial charge in [-0.1, -0.05) is 17.7 Å². The first kappa shape index (κ1) is 12.1. The van der Waals surface area contributed by atoms with Crippen LogP contribution in [0.25, 0.3) is 22.4 Å². The topological polar surface area (TPSA) is 54.7 Å². The standard InChI is InChI=1S/C15H14ClN3/c1-8-6-12-13(7-9(8)2)19-15(18-12)10-4-3-5-11(16)14(10)17/h3-7H,17H2,1-2H3,(H,18,19). The Bertz CT molecular complexity index is 735. The molecule has 0 aliphatic heterocycles. The molecule has 0 amide bonds. The highest BCUT2D eigenvalue weighted by molar-refractivity contribution is 6.33. The molecule has 0 radical (unpaired) electrons. The highest BCUT2D eigenvalue weighted by Gasteiger charge is 2.11. The number of hydrogen-bond acceptors (Lipinski definition) is 2. The van der Waals surface area contributed by atoms with Crippen molar-refractivity contribution < 1.29 is 0 Å². The van der Waals surface area contributed by atoms with Crippen LogP contribution in [0.1, 0.15) is 11.1 Å². The number of anilines is 1. The lowest BCUT2D eigenvalue weighted by molar-refractivity contribution is 1.34. The molecule has 3 nitrogen and oxygen atoms in total. The summed E-state index contributed by atoms with van der Waals surface area (Å²) in [5, 5.41) is 0.547. The number of hydrogen-bond donors (Lipinski definition) is 2. The van der Waals surface area contributed by atoms with Crippen molar-refractivity contribution >= 4 is 28.3 Å². The zero-order valence-corrected chi connectivity index (χ0v) is 11.5. The third-order valence-electron chi connectivity index (χ3n) is 3.41. The number of imidazole rings is 1. The molecule has 3 N–H and O–H groups in total.